The first-order chi connectivity index (χ1) is 7.72. The highest BCUT2D eigenvalue weighted by Crippen LogP contribution is 2.28. The molecule has 2 unspecified atom stereocenters. The highest BCUT2D eigenvalue weighted by molar-refractivity contribution is 5.67. The Morgan fingerprint density at radius 2 is 2.12 bits per heavy atom. The van der Waals surface area contributed by atoms with Crippen molar-refractivity contribution in [3.05, 3.63) is 24.3 Å². The number of rotatable bonds is 2. The van der Waals surface area contributed by atoms with Gasteiger partial charge in [-0.25, -0.2) is 0 Å². The minimum Gasteiger partial charge on any atom is -0.397 e. The summed E-state index contributed by atoms with van der Waals surface area (Å²) in [5.74, 6) is 0.631. The number of piperidine rings is 1. The summed E-state index contributed by atoms with van der Waals surface area (Å²) in [5.41, 5.74) is 7.98. The Labute approximate surface area is 97.2 Å². The molecule has 0 spiro atoms. The number of nitrogen functional groups attached to an aromatic ring is 1. The third kappa shape index (κ3) is 2.14. The topological polar surface area (TPSA) is 38.5 Å². The molecule has 0 aromatic heterocycles. The van der Waals surface area contributed by atoms with Crippen molar-refractivity contribution in [2.45, 2.75) is 19.4 Å². The summed E-state index contributed by atoms with van der Waals surface area (Å²) in [7, 11) is 1.79. The van der Waals surface area contributed by atoms with E-state index in [4.69, 9.17) is 10.5 Å². The maximum atomic E-state index is 5.99. The first-order valence-corrected chi connectivity index (χ1v) is 5.84. The Balaban J connectivity index is 2.14. The second kappa shape index (κ2) is 4.74. The van der Waals surface area contributed by atoms with Gasteiger partial charge in [-0.3, -0.25) is 0 Å². The summed E-state index contributed by atoms with van der Waals surface area (Å²) in [5, 5.41) is 0. The van der Waals surface area contributed by atoms with Crippen LogP contribution in [0, 0.1) is 5.92 Å². The number of anilines is 2. The second-order valence-corrected chi connectivity index (χ2v) is 4.54. The number of ether oxygens (including phenoxy) is 1. The molecule has 1 aromatic rings. The zero-order chi connectivity index (χ0) is 11.5. The van der Waals surface area contributed by atoms with Crippen LogP contribution in [0.5, 0.6) is 0 Å². The van der Waals surface area contributed by atoms with Gasteiger partial charge in [0.15, 0.2) is 0 Å². The molecule has 0 bridgehead atoms. The summed E-state index contributed by atoms with van der Waals surface area (Å²) in [4.78, 5) is 2.32. The van der Waals surface area contributed by atoms with E-state index in [0.29, 0.717) is 12.0 Å². The maximum absolute atomic E-state index is 5.99. The highest BCUT2D eigenvalue weighted by Gasteiger charge is 2.26. The van der Waals surface area contributed by atoms with E-state index in [1.54, 1.807) is 7.11 Å². The highest BCUT2D eigenvalue weighted by atomic mass is 16.5. The Hall–Kier alpha value is -1.22. The lowest BCUT2D eigenvalue weighted by molar-refractivity contribution is 0.0499. The van der Waals surface area contributed by atoms with Crippen LogP contribution in [0.2, 0.25) is 0 Å². The molecule has 1 aromatic carbocycles. The van der Waals surface area contributed by atoms with E-state index >= 15 is 0 Å². The molecule has 16 heavy (non-hydrogen) atoms. The van der Waals surface area contributed by atoms with Crippen LogP contribution >= 0.6 is 0 Å². The van der Waals surface area contributed by atoms with Gasteiger partial charge in [-0.05, 0) is 24.5 Å². The normalized spacial score (nSPS) is 25.8. The molecular weight excluding hydrogens is 200 g/mol. The standard InChI is InChI=1S/C13H20N2O/c1-10-7-8-15(9-13(10)16-2)12-6-4-3-5-11(12)14/h3-6,10,13H,7-9,14H2,1-2H3. The van der Waals surface area contributed by atoms with E-state index in [0.717, 1.165) is 30.9 Å². The van der Waals surface area contributed by atoms with Gasteiger partial charge in [-0.1, -0.05) is 19.1 Å². The Kier molecular flexibility index (Phi) is 3.34. The molecule has 1 aliphatic heterocycles. The van der Waals surface area contributed by atoms with Crippen molar-refractivity contribution in [3.8, 4) is 0 Å². The fourth-order valence-electron chi connectivity index (χ4n) is 2.33. The quantitative estimate of drug-likeness (QED) is 0.776. The van der Waals surface area contributed by atoms with E-state index < -0.39 is 0 Å². The summed E-state index contributed by atoms with van der Waals surface area (Å²) < 4.78 is 5.51. The van der Waals surface area contributed by atoms with E-state index in [2.05, 4.69) is 17.9 Å². The van der Waals surface area contributed by atoms with Crippen LogP contribution in [-0.2, 0) is 4.74 Å². The van der Waals surface area contributed by atoms with Crippen molar-refractivity contribution in [1.82, 2.24) is 0 Å². The average Bonchev–Trinajstić information content (AvgIpc) is 2.31. The van der Waals surface area contributed by atoms with Crippen LogP contribution in [0.25, 0.3) is 0 Å². The largest absolute Gasteiger partial charge is 0.397 e. The maximum Gasteiger partial charge on any atom is 0.0772 e. The molecule has 88 valence electrons. The fourth-order valence-corrected chi connectivity index (χ4v) is 2.33. The van der Waals surface area contributed by atoms with Gasteiger partial charge in [0, 0.05) is 20.2 Å². The van der Waals surface area contributed by atoms with E-state index in [9.17, 15) is 0 Å². The fraction of sp³-hybridized carbons (Fsp3) is 0.538. The second-order valence-electron chi connectivity index (χ2n) is 4.54. The molecule has 0 amide bonds. The van der Waals surface area contributed by atoms with Gasteiger partial charge in [0.2, 0.25) is 0 Å². The molecule has 1 heterocycles. The lowest BCUT2D eigenvalue weighted by atomic mass is 9.95. The first-order valence-electron chi connectivity index (χ1n) is 5.84. The number of methoxy groups -OCH3 is 1. The molecule has 1 fully saturated rings. The molecule has 1 saturated heterocycles. The smallest absolute Gasteiger partial charge is 0.0772 e. The molecule has 1 aliphatic rings. The van der Waals surface area contributed by atoms with Crippen molar-refractivity contribution in [2.24, 2.45) is 5.92 Å². The Morgan fingerprint density at radius 3 is 2.81 bits per heavy atom. The first kappa shape index (κ1) is 11.3. The molecule has 2 N–H and O–H groups in total. The number of nitrogens with two attached hydrogens (primary N) is 1. The van der Waals surface area contributed by atoms with E-state index in [1.165, 1.54) is 0 Å². The van der Waals surface area contributed by atoms with Gasteiger partial charge in [0.25, 0.3) is 0 Å². The molecule has 3 heteroatoms. The Morgan fingerprint density at radius 1 is 1.38 bits per heavy atom. The van der Waals surface area contributed by atoms with Crippen LogP contribution in [0.3, 0.4) is 0 Å². The van der Waals surface area contributed by atoms with Crippen LogP contribution in [0.15, 0.2) is 24.3 Å². The van der Waals surface area contributed by atoms with Gasteiger partial charge in [-0.2, -0.15) is 0 Å². The third-order valence-electron chi connectivity index (χ3n) is 3.47. The summed E-state index contributed by atoms with van der Waals surface area (Å²) >= 11 is 0. The molecule has 0 radical (unpaired) electrons. The SMILES string of the molecule is COC1CN(c2ccccc2N)CCC1C. The van der Waals surface area contributed by atoms with Crippen molar-refractivity contribution < 1.29 is 4.74 Å². The van der Waals surface area contributed by atoms with Gasteiger partial charge >= 0.3 is 0 Å². The lowest BCUT2D eigenvalue weighted by Gasteiger charge is -2.38. The van der Waals surface area contributed by atoms with Crippen LogP contribution in [0.1, 0.15) is 13.3 Å². The minimum atomic E-state index is 0.313. The van der Waals surface area contributed by atoms with Gasteiger partial charge in [0.05, 0.1) is 17.5 Å². The average molecular weight is 220 g/mol. The molecular formula is C13H20N2O. The van der Waals surface area contributed by atoms with Gasteiger partial charge in [0.1, 0.15) is 0 Å². The lowest BCUT2D eigenvalue weighted by Crippen LogP contribution is -2.44. The number of nitrogens with zero attached hydrogens (tertiary/aromatic N) is 1. The number of para-hydroxylation sites is 2. The zero-order valence-electron chi connectivity index (χ0n) is 10.0. The van der Waals surface area contributed by atoms with Gasteiger partial charge in [-0.15, -0.1) is 0 Å². The number of benzene rings is 1. The zero-order valence-corrected chi connectivity index (χ0v) is 10.0. The number of hydrogen-bond acceptors (Lipinski definition) is 3. The summed E-state index contributed by atoms with van der Waals surface area (Å²) in [6.07, 6.45) is 1.47. The van der Waals surface area contributed by atoms with Crippen LogP contribution < -0.4 is 10.6 Å². The third-order valence-corrected chi connectivity index (χ3v) is 3.47. The molecule has 0 saturated carbocycles. The van der Waals surface area contributed by atoms with Gasteiger partial charge < -0.3 is 15.4 Å². The molecule has 0 aliphatic carbocycles. The van der Waals surface area contributed by atoms with E-state index in [-0.39, 0.29) is 0 Å². The molecule has 2 rings (SSSR count). The number of hydrogen-bond donors (Lipinski definition) is 1. The molecule has 3 nitrogen and oxygen atoms in total. The monoisotopic (exact) mass is 220 g/mol. The van der Waals surface area contributed by atoms with Crippen molar-refractivity contribution in [1.29, 1.82) is 0 Å². The van der Waals surface area contributed by atoms with Crippen molar-refractivity contribution >= 4 is 11.4 Å². The predicted octanol–water partition coefficient (Wildman–Crippen LogP) is 2.13. The summed E-state index contributed by atoms with van der Waals surface area (Å²) in [6.45, 7) is 4.25. The van der Waals surface area contributed by atoms with Crippen LogP contribution in [-0.4, -0.2) is 26.3 Å². The minimum absolute atomic E-state index is 0.313. The molecule has 2 atom stereocenters. The van der Waals surface area contributed by atoms with Crippen molar-refractivity contribution in [3.63, 3.8) is 0 Å². The Bertz CT molecular complexity index is 354. The summed E-state index contributed by atoms with van der Waals surface area (Å²) in [6, 6.07) is 8.04. The van der Waals surface area contributed by atoms with E-state index in [1.807, 2.05) is 18.2 Å². The van der Waals surface area contributed by atoms with Crippen LogP contribution in [0.4, 0.5) is 11.4 Å². The predicted molar refractivity (Wildman–Crippen MR) is 67.6 cm³/mol. The van der Waals surface area contributed by atoms with Crippen molar-refractivity contribution in [2.75, 3.05) is 30.8 Å².